The Balaban J connectivity index is 2.78. The van der Waals surface area contributed by atoms with Gasteiger partial charge in [0.2, 0.25) is 0 Å². The second-order valence-corrected chi connectivity index (χ2v) is 7.21. The van der Waals surface area contributed by atoms with Crippen molar-refractivity contribution in [3.8, 4) is 0 Å². The molecule has 2 amide bonds. The minimum Gasteiger partial charge on any atom is -0.462 e. The van der Waals surface area contributed by atoms with E-state index in [0.717, 1.165) is 0 Å². The number of hydrogen-bond donors (Lipinski definition) is 2. The fourth-order valence-corrected chi connectivity index (χ4v) is 4.01. The maximum Gasteiger partial charge on any atom is 0.324 e. The predicted molar refractivity (Wildman–Crippen MR) is 73.4 cm³/mol. The molecule has 0 spiro atoms. The van der Waals surface area contributed by atoms with Gasteiger partial charge in [-0.2, -0.15) is 0 Å². The van der Waals surface area contributed by atoms with Crippen molar-refractivity contribution in [2.45, 2.75) is 32.9 Å². The van der Waals surface area contributed by atoms with E-state index >= 15 is 0 Å². The molecule has 1 saturated heterocycles. The maximum atomic E-state index is 12.8. The maximum absolute atomic E-state index is 12.8. The first-order valence-electron chi connectivity index (χ1n) is 6.42. The zero-order valence-corrected chi connectivity index (χ0v) is 13.1. The Morgan fingerprint density at radius 1 is 1.50 bits per heavy atom. The fourth-order valence-electron chi connectivity index (χ4n) is 1.81. The highest BCUT2D eigenvalue weighted by atomic mass is 31.2. The van der Waals surface area contributed by atoms with Crippen LogP contribution in [0.3, 0.4) is 0 Å². The van der Waals surface area contributed by atoms with Crippen LogP contribution < -0.4 is 10.4 Å². The van der Waals surface area contributed by atoms with E-state index in [-0.39, 0.29) is 12.5 Å². The summed E-state index contributed by atoms with van der Waals surface area (Å²) in [5, 5.41) is 5.26. The molecule has 0 bridgehead atoms. The summed E-state index contributed by atoms with van der Waals surface area (Å²) in [6, 6.07) is -1.23. The molecule has 0 aromatic carbocycles. The van der Waals surface area contributed by atoms with E-state index in [1.807, 2.05) is 0 Å². The first kappa shape index (κ1) is 16.9. The Kier molecular flexibility index (Phi) is 5.98. The molecule has 1 unspecified atom stereocenters. The molecule has 1 rings (SSSR count). The minimum atomic E-state index is -3.33. The summed E-state index contributed by atoms with van der Waals surface area (Å²) >= 11 is 0. The predicted octanol–water partition coefficient (Wildman–Crippen LogP) is 0.738. The van der Waals surface area contributed by atoms with Crippen LogP contribution in [-0.4, -0.2) is 55.4 Å². The fraction of sp³-hybridized carbons (Fsp3) is 0.818. The first-order valence-corrected chi connectivity index (χ1v) is 8.27. The Morgan fingerprint density at radius 3 is 2.60 bits per heavy atom. The molecule has 0 aliphatic carbocycles. The van der Waals surface area contributed by atoms with Crippen LogP contribution in [-0.2, 0) is 18.8 Å². The van der Waals surface area contributed by atoms with Crippen molar-refractivity contribution >= 4 is 19.4 Å². The number of amides is 2. The van der Waals surface area contributed by atoms with Gasteiger partial charge in [-0.25, -0.2) is 9.88 Å². The average molecular weight is 307 g/mol. The van der Waals surface area contributed by atoms with Crippen molar-refractivity contribution in [1.82, 2.24) is 15.1 Å². The number of ether oxygens (including phenoxy) is 2. The third kappa shape index (κ3) is 4.19. The summed E-state index contributed by atoms with van der Waals surface area (Å²) in [7, 11) is -1.94. The molecule has 9 heteroatoms. The number of nitrogens with one attached hydrogen (secondary N) is 2. The number of carbonyl (C=O) groups excluding carboxylic acids is 2. The van der Waals surface area contributed by atoms with Gasteiger partial charge in [0.1, 0.15) is 12.4 Å². The van der Waals surface area contributed by atoms with E-state index < -0.39 is 25.5 Å². The van der Waals surface area contributed by atoms with Gasteiger partial charge in [-0.15, -0.1) is 0 Å². The molecule has 116 valence electrons. The molecular formula is C11H22N3O5P. The van der Waals surface area contributed by atoms with E-state index in [2.05, 4.69) is 10.4 Å². The largest absolute Gasteiger partial charge is 0.462 e. The molecule has 1 heterocycles. The molecule has 1 aliphatic rings. The normalized spacial score (nSPS) is 19.6. The molecule has 0 aromatic rings. The second kappa shape index (κ2) is 7.06. The van der Waals surface area contributed by atoms with Crippen LogP contribution in [0.2, 0.25) is 0 Å². The Hall–Kier alpha value is -1.11. The Morgan fingerprint density at radius 2 is 2.15 bits per heavy atom. The molecule has 0 saturated carbocycles. The summed E-state index contributed by atoms with van der Waals surface area (Å²) < 4.78 is 24.0. The topological polar surface area (TPSA) is 97.0 Å². The third-order valence-corrected chi connectivity index (χ3v) is 5.19. The van der Waals surface area contributed by atoms with Crippen LogP contribution in [0.4, 0.5) is 4.79 Å². The van der Waals surface area contributed by atoms with Crippen molar-refractivity contribution in [2.75, 3.05) is 26.5 Å². The molecule has 1 fully saturated rings. The number of rotatable bonds is 7. The average Bonchev–Trinajstić information content (AvgIpc) is 2.75. The molecule has 2 atom stereocenters. The van der Waals surface area contributed by atoms with Crippen molar-refractivity contribution in [1.29, 1.82) is 0 Å². The molecule has 2 N–H and O–H groups in total. The van der Waals surface area contributed by atoms with Crippen molar-refractivity contribution in [2.24, 2.45) is 0 Å². The van der Waals surface area contributed by atoms with Gasteiger partial charge in [0.15, 0.2) is 0 Å². The van der Waals surface area contributed by atoms with Crippen LogP contribution in [0, 0.1) is 0 Å². The van der Waals surface area contributed by atoms with Gasteiger partial charge in [0.25, 0.3) is 7.44 Å². The highest BCUT2D eigenvalue weighted by Gasteiger charge is 2.39. The van der Waals surface area contributed by atoms with E-state index in [0.29, 0.717) is 13.1 Å². The van der Waals surface area contributed by atoms with E-state index in [1.165, 1.54) is 11.8 Å². The standard InChI is InChI=1S/C11H22N3O5P/c1-8(2)19-10(15)9(3)13-20(17,7-18-4)14-6-5-12-11(14)16/h8-9H,5-7H2,1-4H3,(H,12,16)(H,13,17)/t9-,20?/m0/s1. The van der Waals surface area contributed by atoms with Crippen LogP contribution in [0.5, 0.6) is 0 Å². The van der Waals surface area contributed by atoms with Crippen LogP contribution in [0.25, 0.3) is 0 Å². The summed E-state index contributed by atoms with van der Waals surface area (Å²) in [5.74, 6) is -0.518. The Labute approximate surface area is 118 Å². The molecule has 20 heavy (non-hydrogen) atoms. The van der Waals surface area contributed by atoms with Gasteiger partial charge < -0.3 is 14.8 Å². The minimum absolute atomic E-state index is 0.167. The first-order chi connectivity index (χ1) is 9.30. The van der Waals surface area contributed by atoms with E-state index in [4.69, 9.17) is 9.47 Å². The molecule has 0 aromatic heterocycles. The molecule has 1 aliphatic heterocycles. The number of methoxy groups -OCH3 is 1. The zero-order valence-electron chi connectivity index (χ0n) is 12.2. The van der Waals surface area contributed by atoms with Crippen LogP contribution in [0.1, 0.15) is 20.8 Å². The van der Waals surface area contributed by atoms with Crippen LogP contribution in [0.15, 0.2) is 0 Å². The molecule has 0 radical (unpaired) electrons. The Bertz CT molecular complexity index is 415. The smallest absolute Gasteiger partial charge is 0.324 e. The van der Waals surface area contributed by atoms with Gasteiger partial charge in [-0.1, -0.05) is 0 Å². The summed E-state index contributed by atoms with van der Waals surface area (Å²) in [6.07, 6.45) is -0.427. The van der Waals surface area contributed by atoms with Crippen molar-refractivity contribution < 1.29 is 23.6 Å². The number of nitrogens with zero attached hydrogens (tertiary/aromatic N) is 1. The highest BCUT2D eigenvalue weighted by Crippen LogP contribution is 2.46. The van der Waals surface area contributed by atoms with Gasteiger partial charge in [0.05, 0.1) is 6.10 Å². The van der Waals surface area contributed by atoms with Gasteiger partial charge in [0, 0.05) is 20.2 Å². The monoisotopic (exact) mass is 307 g/mol. The number of hydrogen-bond acceptors (Lipinski definition) is 5. The lowest BCUT2D eigenvalue weighted by molar-refractivity contribution is -0.149. The van der Waals surface area contributed by atoms with E-state index in [1.54, 1.807) is 20.8 Å². The number of esters is 1. The molecule has 8 nitrogen and oxygen atoms in total. The summed E-state index contributed by atoms with van der Waals surface area (Å²) in [5.41, 5.74) is 0. The summed E-state index contributed by atoms with van der Waals surface area (Å²) in [4.78, 5) is 23.4. The number of urea groups is 1. The number of carbonyl (C=O) groups is 2. The van der Waals surface area contributed by atoms with Crippen molar-refractivity contribution in [3.63, 3.8) is 0 Å². The highest BCUT2D eigenvalue weighted by molar-refractivity contribution is 7.60. The van der Waals surface area contributed by atoms with E-state index in [9.17, 15) is 14.2 Å². The summed E-state index contributed by atoms with van der Waals surface area (Å²) in [6.45, 7) is 5.72. The van der Waals surface area contributed by atoms with Gasteiger partial charge in [-0.05, 0) is 20.8 Å². The van der Waals surface area contributed by atoms with Crippen molar-refractivity contribution in [3.05, 3.63) is 0 Å². The lowest BCUT2D eigenvalue weighted by Gasteiger charge is -2.29. The van der Waals surface area contributed by atoms with Gasteiger partial charge in [-0.3, -0.25) is 14.0 Å². The zero-order chi connectivity index (χ0) is 15.3. The van der Waals surface area contributed by atoms with Crippen LogP contribution >= 0.6 is 7.44 Å². The lowest BCUT2D eigenvalue weighted by atomic mass is 10.4. The quantitative estimate of drug-likeness (QED) is 0.532. The second-order valence-electron chi connectivity index (χ2n) is 4.81. The molecular weight excluding hydrogens is 285 g/mol. The lowest BCUT2D eigenvalue weighted by Crippen LogP contribution is -2.41. The van der Waals surface area contributed by atoms with Gasteiger partial charge >= 0.3 is 12.0 Å². The SMILES string of the molecule is COCP(=O)(N[C@@H](C)C(=O)OC(C)C)N1CCNC1=O. The third-order valence-electron chi connectivity index (χ3n) is 2.63.